The Labute approximate surface area is 99.7 Å². The first-order valence-electron chi connectivity index (χ1n) is 5.27. The quantitative estimate of drug-likeness (QED) is 0.855. The van der Waals surface area contributed by atoms with Gasteiger partial charge in [0.05, 0.1) is 12.1 Å². The summed E-state index contributed by atoms with van der Waals surface area (Å²) in [5.41, 5.74) is 0.595. The van der Waals surface area contributed by atoms with Crippen LogP contribution in [0.3, 0.4) is 0 Å². The van der Waals surface area contributed by atoms with Crippen LogP contribution in [0, 0.1) is 17.1 Å². The van der Waals surface area contributed by atoms with Crippen molar-refractivity contribution in [1.82, 2.24) is 5.32 Å². The number of rotatable bonds is 4. The van der Waals surface area contributed by atoms with Crippen LogP contribution in [0.2, 0.25) is 0 Å². The van der Waals surface area contributed by atoms with Crippen molar-refractivity contribution < 1.29 is 9.18 Å². The summed E-state index contributed by atoms with van der Waals surface area (Å²) in [4.78, 5) is 13.0. The normalized spacial score (nSPS) is 9.53. The van der Waals surface area contributed by atoms with E-state index in [0.29, 0.717) is 12.2 Å². The third-order valence-electron chi connectivity index (χ3n) is 2.43. The van der Waals surface area contributed by atoms with Crippen LogP contribution in [0.25, 0.3) is 0 Å². The number of nitrogens with zero attached hydrogens (tertiary/aromatic N) is 2. The minimum atomic E-state index is -0.569. The lowest BCUT2D eigenvalue weighted by molar-refractivity contribution is -0.119. The molecule has 0 heterocycles. The number of benzene rings is 1. The second kappa shape index (κ2) is 5.85. The Morgan fingerprint density at radius 2 is 2.29 bits per heavy atom. The first-order valence-corrected chi connectivity index (χ1v) is 5.27. The summed E-state index contributed by atoms with van der Waals surface area (Å²) in [6.45, 7) is 2.62. The Morgan fingerprint density at radius 3 is 2.76 bits per heavy atom. The average molecular weight is 235 g/mol. The van der Waals surface area contributed by atoms with Gasteiger partial charge >= 0.3 is 0 Å². The monoisotopic (exact) mass is 235 g/mol. The zero-order valence-corrected chi connectivity index (χ0v) is 9.83. The maximum absolute atomic E-state index is 13.4. The summed E-state index contributed by atoms with van der Waals surface area (Å²) in [6.07, 6.45) is 0. The molecule has 0 saturated heterocycles. The summed E-state index contributed by atoms with van der Waals surface area (Å²) >= 11 is 0. The average Bonchev–Trinajstić information content (AvgIpc) is 2.35. The first-order chi connectivity index (χ1) is 8.12. The lowest BCUT2D eigenvalue weighted by atomic mass is 10.2. The van der Waals surface area contributed by atoms with Crippen LogP contribution in [0.1, 0.15) is 12.5 Å². The Hall–Kier alpha value is -2.09. The van der Waals surface area contributed by atoms with Crippen molar-refractivity contribution in [3.8, 4) is 6.07 Å². The number of anilines is 1. The number of nitriles is 1. The number of hydrogen-bond donors (Lipinski definition) is 1. The molecule has 0 aromatic heterocycles. The van der Waals surface area contributed by atoms with Gasteiger partial charge in [0.1, 0.15) is 11.9 Å². The molecular weight excluding hydrogens is 221 g/mol. The SMILES string of the molecule is CCN(CC(=O)NC)c1ccc(C#N)c(F)c1. The van der Waals surface area contributed by atoms with Crippen LogP contribution in [-0.4, -0.2) is 26.0 Å². The highest BCUT2D eigenvalue weighted by molar-refractivity contribution is 5.81. The second-order valence-corrected chi connectivity index (χ2v) is 3.46. The molecular formula is C12H14FN3O. The Morgan fingerprint density at radius 1 is 1.59 bits per heavy atom. The summed E-state index contributed by atoms with van der Waals surface area (Å²) < 4.78 is 13.4. The molecule has 0 bridgehead atoms. The summed E-state index contributed by atoms with van der Waals surface area (Å²) in [7, 11) is 1.55. The van der Waals surface area contributed by atoms with Crippen LogP contribution < -0.4 is 10.2 Å². The second-order valence-electron chi connectivity index (χ2n) is 3.46. The Balaban J connectivity index is 2.93. The van der Waals surface area contributed by atoms with Gasteiger partial charge in [0, 0.05) is 19.3 Å². The summed E-state index contributed by atoms with van der Waals surface area (Å²) in [5, 5.41) is 11.1. The molecule has 5 heteroatoms. The fourth-order valence-electron chi connectivity index (χ4n) is 1.43. The van der Waals surface area contributed by atoms with Crippen molar-refractivity contribution in [2.24, 2.45) is 0 Å². The van der Waals surface area contributed by atoms with Gasteiger partial charge in [-0.1, -0.05) is 0 Å². The van der Waals surface area contributed by atoms with Gasteiger partial charge in [-0.25, -0.2) is 4.39 Å². The van der Waals surface area contributed by atoms with E-state index in [2.05, 4.69) is 5.32 Å². The van der Waals surface area contributed by atoms with Crippen molar-refractivity contribution in [3.63, 3.8) is 0 Å². The van der Waals surface area contributed by atoms with E-state index in [0.717, 1.165) is 0 Å². The third-order valence-corrected chi connectivity index (χ3v) is 2.43. The fourth-order valence-corrected chi connectivity index (χ4v) is 1.43. The van der Waals surface area contributed by atoms with Gasteiger partial charge in [0.2, 0.25) is 5.91 Å². The number of nitrogens with one attached hydrogen (secondary N) is 1. The van der Waals surface area contributed by atoms with E-state index in [1.54, 1.807) is 24.1 Å². The zero-order chi connectivity index (χ0) is 12.8. The first kappa shape index (κ1) is 13.0. The zero-order valence-electron chi connectivity index (χ0n) is 9.83. The molecule has 0 spiro atoms. The van der Waals surface area contributed by atoms with Crippen molar-refractivity contribution in [2.75, 3.05) is 25.0 Å². The number of likely N-dealkylation sites (N-methyl/N-ethyl adjacent to an activating group) is 2. The molecule has 1 aromatic carbocycles. The third kappa shape index (κ3) is 3.18. The molecule has 0 atom stereocenters. The molecule has 0 aliphatic carbocycles. The Bertz CT molecular complexity index is 454. The number of carbonyl (C=O) groups excluding carboxylic acids is 1. The lowest BCUT2D eigenvalue weighted by Gasteiger charge is -2.22. The number of hydrogen-bond acceptors (Lipinski definition) is 3. The van der Waals surface area contributed by atoms with Crippen molar-refractivity contribution >= 4 is 11.6 Å². The number of amides is 1. The predicted octanol–water partition coefficient (Wildman–Crippen LogP) is 1.27. The minimum Gasteiger partial charge on any atom is -0.362 e. The maximum Gasteiger partial charge on any atom is 0.239 e. The molecule has 0 aliphatic rings. The molecule has 0 radical (unpaired) electrons. The molecule has 1 rings (SSSR count). The Kier molecular flexibility index (Phi) is 4.46. The molecule has 0 aliphatic heterocycles. The van der Waals surface area contributed by atoms with Gasteiger partial charge < -0.3 is 10.2 Å². The van der Waals surface area contributed by atoms with Crippen LogP contribution in [0.15, 0.2) is 18.2 Å². The molecule has 0 unspecified atom stereocenters. The summed E-state index contributed by atoms with van der Waals surface area (Å²) in [6, 6.07) is 6.07. The van der Waals surface area contributed by atoms with Crippen LogP contribution in [-0.2, 0) is 4.79 Å². The highest BCUT2D eigenvalue weighted by Gasteiger charge is 2.11. The molecule has 1 aromatic rings. The van der Waals surface area contributed by atoms with Crippen molar-refractivity contribution in [3.05, 3.63) is 29.6 Å². The van der Waals surface area contributed by atoms with Gasteiger partial charge in [-0.3, -0.25) is 4.79 Å². The molecule has 17 heavy (non-hydrogen) atoms. The van der Waals surface area contributed by atoms with E-state index in [4.69, 9.17) is 5.26 Å². The van der Waals surface area contributed by atoms with Crippen LogP contribution in [0.5, 0.6) is 0 Å². The van der Waals surface area contributed by atoms with Gasteiger partial charge in [-0.05, 0) is 25.1 Å². The van der Waals surface area contributed by atoms with E-state index in [1.165, 1.54) is 12.1 Å². The standard InChI is InChI=1S/C12H14FN3O/c1-3-16(8-12(17)15-2)10-5-4-9(7-14)11(13)6-10/h4-6H,3,8H2,1-2H3,(H,15,17). The molecule has 0 fully saturated rings. The molecule has 0 saturated carbocycles. The van der Waals surface area contributed by atoms with E-state index < -0.39 is 5.82 Å². The summed E-state index contributed by atoms with van der Waals surface area (Å²) in [5.74, 6) is -0.711. The van der Waals surface area contributed by atoms with Gasteiger partial charge in [-0.15, -0.1) is 0 Å². The highest BCUT2D eigenvalue weighted by atomic mass is 19.1. The highest BCUT2D eigenvalue weighted by Crippen LogP contribution is 2.17. The van der Waals surface area contributed by atoms with Gasteiger partial charge in [0.25, 0.3) is 0 Å². The van der Waals surface area contributed by atoms with Crippen LogP contribution in [0.4, 0.5) is 10.1 Å². The van der Waals surface area contributed by atoms with E-state index >= 15 is 0 Å². The lowest BCUT2D eigenvalue weighted by Crippen LogP contribution is -2.35. The van der Waals surface area contributed by atoms with Gasteiger partial charge in [0.15, 0.2) is 0 Å². The smallest absolute Gasteiger partial charge is 0.239 e. The largest absolute Gasteiger partial charge is 0.362 e. The van der Waals surface area contributed by atoms with E-state index in [-0.39, 0.29) is 18.0 Å². The van der Waals surface area contributed by atoms with Gasteiger partial charge in [-0.2, -0.15) is 5.26 Å². The fraction of sp³-hybridized carbons (Fsp3) is 0.333. The molecule has 1 amide bonds. The van der Waals surface area contributed by atoms with Crippen molar-refractivity contribution in [1.29, 1.82) is 5.26 Å². The predicted molar refractivity (Wildman–Crippen MR) is 63.1 cm³/mol. The van der Waals surface area contributed by atoms with Crippen molar-refractivity contribution in [2.45, 2.75) is 6.92 Å². The maximum atomic E-state index is 13.4. The number of halogens is 1. The topological polar surface area (TPSA) is 56.1 Å². The van der Waals surface area contributed by atoms with Crippen LogP contribution >= 0.6 is 0 Å². The molecule has 90 valence electrons. The molecule has 1 N–H and O–H groups in total. The van der Waals surface area contributed by atoms with E-state index in [1.807, 2.05) is 6.92 Å². The number of carbonyl (C=O) groups is 1. The minimum absolute atomic E-state index is 0.00439. The van der Waals surface area contributed by atoms with E-state index in [9.17, 15) is 9.18 Å². The molecule has 4 nitrogen and oxygen atoms in total.